The maximum Gasteiger partial charge on any atom is 0.406 e. The van der Waals surface area contributed by atoms with E-state index in [-0.39, 0.29) is 30.5 Å². The molecule has 0 atom stereocenters. The van der Waals surface area contributed by atoms with Gasteiger partial charge in [0.15, 0.2) is 5.96 Å². The third-order valence-electron chi connectivity index (χ3n) is 3.60. The van der Waals surface area contributed by atoms with Gasteiger partial charge in [0.25, 0.3) is 0 Å². The van der Waals surface area contributed by atoms with Crippen molar-refractivity contribution in [2.45, 2.75) is 38.3 Å². The van der Waals surface area contributed by atoms with Crippen LogP contribution in [0.5, 0.6) is 0 Å². The molecule has 0 saturated heterocycles. The number of amides is 1. The van der Waals surface area contributed by atoms with E-state index in [0.29, 0.717) is 17.4 Å². The molecule has 1 amide bonds. The lowest BCUT2D eigenvalue weighted by molar-refractivity contribution is -0.157. The molecule has 0 heterocycles. The number of alkyl halides is 3. The van der Waals surface area contributed by atoms with Gasteiger partial charge < -0.3 is 15.5 Å². The molecule has 1 rings (SSSR count). The molecule has 0 spiro atoms. The second-order valence-electron chi connectivity index (χ2n) is 5.58. The molecule has 0 saturated carbocycles. The molecule has 9 heteroatoms. The third kappa shape index (κ3) is 9.99. The van der Waals surface area contributed by atoms with Crippen LogP contribution < -0.4 is 10.6 Å². The van der Waals surface area contributed by atoms with E-state index >= 15 is 0 Å². The van der Waals surface area contributed by atoms with Crippen molar-refractivity contribution in [1.82, 2.24) is 15.5 Å². The quantitative estimate of drug-likeness (QED) is 0.276. The third-order valence-corrected chi connectivity index (χ3v) is 3.60. The van der Waals surface area contributed by atoms with Crippen LogP contribution in [0.3, 0.4) is 0 Å². The van der Waals surface area contributed by atoms with Crippen molar-refractivity contribution < 1.29 is 18.0 Å². The number of halogens is 4. The zero-order valence-corrected chi connectivity index (χ0v) is 16.4. The molecule has 0 unspecified atom stereocenters. The smallest absolute Gasteiger partial charge is 0.356 e. The summed E-state index contributed by atoms with van der Waals surface area (Å²) in [5.74, 6) is -0.226. The van der Waals surface area contributed by atoms with Crippen LogP contribution in [-0.4, -0.2) is 56.7 Å². The first kappa shape index (κ1) is 23.0. The van der Waals surface area contributed by atoms with Gasteiger partial charge in [0, 0.05) is 20.6 Å². The highest BCUT2D eigenvalue weighted by molar-refractivity contribution is 14.0. The van der Waals surface area contributed by atoms with Gasteiger partial charge in [-0.3, -0.25) is 9.79 Å². The lowest BCUT2D eigenvalue weighted by Gasteiger charge is -2.20. The number of carbonyl (C=O) groups excluding carboxylic acids is 1. The second-order valence-corrected chi connectivity index (χ2v) is 5.58. The van der Waals surface area contributed by atoms with E-state index in [4.69, 9.17) is 0 Å². The van der Waals surface area contributed by atoms with Crippen LogP contribution in [0.1, 0.15) is 32.1 Å². The van der Waals surface area contributed by atoms with Gasteiger partial charge >= 0.3 is 6.18 Å². The summed E-state index contributed by atoms with van der Waals surface area (Å²) in [5, 5.41) is 5.80. The van der Waals surface area contributed by atoms with Crippen molar-refractivity contribution in [1.29, 1.82) is 0 Å². The van der Waals surface area contributed by atoms with Crippen molar-refractivity contribution in [3.8, 4) is 0 Å². The van der Waals surface area contributed by atoms with Crippen molar-refractivity contribution >= 4 is 35.8 Å². The first-order valence-electron chi connectivity index (χ1n) is 7.75. The zero-order valence-electron chi connectivity index (χ0n) is 14.1. The Morgan fingerprint density at radius 2 is 2.04 bits per heavy atom. The Bertz CT molecular complexity index is 452. The highest BCUT2D eigenvalue weighted by atomic mass is 127. The summed E-state index contributed by atoms with van der Waals surface area (Å²) in [6.07, 6.45) is 3.49. The Labute approximate surface area is 158 Å². The Morgan fingerprint density at radius 1 is 1.33 bits per heavy atom. The van der Waals surface area contributed by atoms with Crippen LogP contribution in [0.2, 0.25) is 0 Å². The van der Waals surface area contributed by atoms with Gasteiger partial charge in [-0.2, -0.15) is 13.2 Å². The highest BCUT2D eigenvalue weighted by Gasteiger charge is 2.31. The average Bonchev–Trinajstić information content (AvgIpc) is 2.49. The van der Waals surface area contributed by atoms with E-state index < -0.39 is 18.6 Å². The van der Waals surface area contributed by atoms with Crippen LogP contribution in [-0.2, 0) is 4.79 Å². The molecule has 24 heavy (non-hydrogen) atoms. The van der Waals surface area contributed by atoms with Gasteiger partial charge in [-0.1, -0.05) is 11.6 Å². The number of aliphatic imine (C=N–C) groups is 1. The average molecular weight is 462 g/mol. The lowest BCUT2D eigenvalue weighted by atomic mass is 9.97. The monoisotopic (exact) mass is 462 g/mol. The molecule has 140 valence electrons. The minimum atomic E-state index is -4.39. The van der Waals surface area contributed by atoms with E-state index in [9.17, 15) is 18.0 Å². The van der Waals surface area contributed by atoms with Gasteiger partial charge in [0.1, 0.15) is 6.54 Å². The maximum atomic E-state index is 12.2. The predicted octanol–water partition coefficient (Wildman–Crippen LogP) is 2.68. The molecule has 0 radical (unpaired) electrons. The summed E-state index contributed by atoms with van der Waals surface area (Å²) in [7, 11) is 2.68. The van der Waals surface area contributed by atoms with Crippen LogP contribution in [0.25, 0.3) is 0 Å². The minimum Gasteiger partial charge on any atom is -0.356 e. The van der Waals surface area contributed by atoms with E-state index in [0.717, 1.165) is 26.3 Å². The van der Waals surface area contributed by atoms with Crippen LogP contribution in [0, 0.1) is 0 Å². The number of allylic oxidation sites excluding steroid dienone is 1. The maximum absolute atomic E-state index is 12.2. The van der Waals surface area contributed by atoms with E-state index in [2.05, 4.69) is 21.7 Å². The molecule has 0 aliphatic heterocycles. The fraction of sp³-hybridized carbons (Fsp3) is 0.733. The highest BCUT2D eigenvalue weighted by Crippen LogP contribution is 2.19. The number of rotatable bonds is 6. The Hall–Kier alpha value is -1.00. The van der Waals surface area contributed by atoms with Gasteiger partial charge in [-0.25, -0.2) is 0 Å². The fourth-order valence-electron chi connectivity index (χ4n) is 2.35. The van der Waals surface area contributed by atoms with E-state index in [1.165, 1.54) is 18.4 Å². The summed E-state index contributed by atoms with van der Waals surface area (Å²) in [5.41, 5.74) is 1.42. The van der Waals surface area contributed by atoms with Gasteiger partial charge in [-0.05, 0) is 32.1 Å². The van der Waals surface area contributed by atoms with Crippen molar-refractivity contribution in [3.05, 3.63) is 11.6 Å². The van der Waals surface area contributed by atoms with Gasteiger partial charge in [0.05, 0.1) is 6.54 Å². The molecular formula is C15H26F3IN4O. The summed E-state index contributed by atoms with van der Waals surface area (Å²) >= 11 is 0. The number of likely N-dealkylation sites (N-methyl/N-ethyl adjacent to an activating group) is 1. The molecule has 1 aliphatic rings. The Morgan fingerprint density at radius 3 is 2.58 bits per heavy atom. The molecule has 5 nitrogen and oxygen atoms in total. The van der Waals surface area contributed by atoms with Gasteiger partial charge in [-0.15, -0.1) is 24.0 Å². The normalized spacial score (nSPS) is 15.2. The van der Waals surface area contributed by atoms with E-state index in [1.807, 2.05) is 0 Å². The number of hydrogen-bond donors (Lipinski definition) is 2. The summed E-state index contributed by atoms with van der Waals surface area (Å²) in [6, 6.07) is 0. The van der Waals surface area contributed by atoms with Gasteiger partial charge in [0.2, 0.25) is 5.91 Å². The second kappa shape index (κ2) is 11.5. The molecule has 0 aromatic rings. The Balaban J connectivity index is 0.00000529. The molecule has 0 aromatic heterocycles. The molecule has 1 aliphatic carbocycles. The number of hydrogen-bond acceptors (Lipinski definition) is 2. The largest absolute Gasteiger partial charge is 0.406 e. The molecule has 0 aromatic carbocycles. The minimum absolute atomic E-state index is 0. The van der Waals surface area contributed by atoms with Crippen molar-refractivity contribution in [2.24, 2.45) is 4.99 Å². The molecular weight excluding hydrogens is 436 g/mol. The first-order valence-corrected chi connectivity index (χ1v) is 7.75. The number of nitrogens with one attached hydrogen (secondary N) is 2. The van der Waals surface area contributed by atoms with Crippen LogP contribution >= 0.6 is 24.0 Å². The van der Waals surface area contributed by atoms with Crippen molar-refractivity contribution in [3.63, 3.8) is 0 Å². The fourth-order valence-corrected chi connectivity index (χ4v) is 2.35. The van der Waals surface area contributed by atoms with Crippen LogP contribution in [0.15, 0.2) is 16.6 Å². The summed E-state index contributed by atoms with van der Waals surface area (Å²) < 4.78 is 36.7. The molecule has 2 N–H and O–H groups in total. The first-order chi connectivity index (χ1) is 10.8. The molecule has 0 fully saturated rings. The standard InChI is InChI=1S/C15H25F3N4O.HI/c1-19-14(20-9-8-12-6-4-3-5-7-12)21-10-13(23)22(2)11-15(16,17)18;/h6H,3-5,7-11H2,1-2H3,(H2,19,20,21);1H. The number of guanidine groups is 1. The number of nitrogens with zero attached hydrogens (tertiary/aromatic N) is 2. The Kier molecular flexibility index (Phi) is 11.1. The molecule has 0 bridgehead atoms. The SMILES string of the molecule is CN=C(NCCC1=CCCCC1)NCC(=O)N(C)CC(F)(F)F.I. The van der Waals surface area contributed by atoms with Crippen molar-refractivity contribution in [2.75, 3.05) is 33.7 Å². The van der Waals surface area contributed by atoms with Crippen LogP contribution in [0.4, 0.5) is 13.2 Å². The van der Waals surface area contributed by atoms with E-state index in [1.54, 1.807) is 7.05 Å². The summed E-state index contributed by atoms with van der Waals surface area (Å²) in [4.78, 5) is 16.2. The zero-order chi connectivity index (χ0) is 17.3. The predicted molar refractivity (Wildman–Crippen MR) is 99.6 cm³/mol. The topological polar surface area (TPSA) is 56.7 Å². The number of carbonyl (C=O) groups is 1. The summed E-state index contributed by atoms with van der Waals surface area (Å²) in [6.45, 7) is -0.805. The lowest BCUT2D eigenvalue weighted by Crippen LogP contribution is -2.45.